The van der Waals surface area contributed by atoms with Crippen LogP contribution in [0.4, 0.5) is 15.8 Å². The summed E-state index contributed by atoms with van der Waals surface area (Å²) in [7, 11) is 0. The third kappa shape index (κ3) is 4.50. The van der Waals surface area contributed by atoms with Gasteiger partial charge >= 0.3 is 5.97 Å². The van der Waals surface area contributed by atoms with Gasteiger partial charge in [-0.1, -0.05) is 11.6 Å². The first-order valence-electron chi connectivity index (χ1n) is 6.53. The van der Waals surface area contributed by atoms with Gasteiger partial charge in [0.15, 0.2) is 6.61 Å². The summed E-state index contributed by atoms with van der Waals surface area (Å²) in [5.74, 6) is -2.30. The number of nitro benzene ring substituents is 1. The van der Waals surface area contributed by atoms with E-state index in [1.54, 1.807) is 0 Å². The number of non-ortho nitro benzene ring substituents is 1. The molecule has 0 atom stereocenters. The second kappa shape index (κ2) is 7.51. The molecule has 2 aromatic carbocycles. The summed E-state index contributed by atoms with van der Waals surface area (Å²) in [4.78, 5) is 33.3. The molecule has 0 aromatic heterocycles. The molecule has 7 nitrogen and oxygen atoms in total. The smallest absolute Gasteiger partial charge is 0.338 e. The van der Waals surface area contributed by atoms with Crippen LogP contribution in [-0.4, -0.2) is 23.4 Å². The summed E-state index contributed by atoms with van der Waals surface area (Å²) in [6.45, 7) is -0.641. The second-order valence-electron chi connectivity index (χ2n) is 4.55. The lowest BCUT2D eigenvalue weighted by Crippen LogP contribution is -2.21. The van der Waals surface area contributed by atoms with Crippen molar-refractivity contribution in [1.29, 1.82) is 0 Å². The van der Waals surface area contributed by atoms with E-state index in [1.807, 2.05) is 0 Å². The molecule has 0 fully saturated rings. The molecule has 0 heterocycles. The number of nitrogens with one attached hydrogen (secondary N) is 1. The number of nitrogens with zero attached hydrogens (tertiary/aromatic N) is 1. The Morgan fingerprint density at radius 2 is 1.88 bits per heavy atom. The Kier molecular flexibility index (Phi) is 5.43. The summed E-state index contributed by atoms with van der Waals surface area (Å²) in [5, 5.41) is 12.9. The van der Waals surface area contributed by atoms with Crippen molar-refractivity contribution in [3.63, 3.8) is 0 Å². The van der Waals surface area contributed by atoms with Crippen molar-refractivity contribution >= 4 is 34.9 Å². The van der Waals surface area contributed by atoms with Crippen molar-refractivity contribution < 1.29 is 23.6 Å². The number of hydrogen-bond acceptors (Lipinski definition) is 5. The minimum absolute atomic E-state index is 0.0473. The molecule has 0 aliphatic heterocycles. The molecule has 2 rings (SSSR count). The molecule has 1 N–H and O–H groups in total. The van der Waals surface area contributed by atoms with E-state index in [9.17, 15) is 24.1 Å². The Balaban J connectivity index is 1.91. The summed E-state index contributed by atoms with van der Waals surface area (Å²) < 4.78 is 18.3. The summed E-state index contributed by atoms with van der Waals surface area (Å²) >= 11 is 5.59. The molecule has 2 aromatic rings. The van der Waals surface area contributed by atoms with Crippen LogP contribution in [0.1, 0.15) is 10.4 Å². The highest BCUT2D eigenvalue weighted by Gasteiger charge is 2.13. The van der Waals surface area contributed by atoms with E-state index in [1.165, 1.54) is 24.3 Å². The molecule has 24 heavy (non-hydrogen) atoms. The fraction of sp³-hybridized carbons (Fsp3) is 0.0667. The highest BCUT2D eigenvalue weighted by Crippen LogP contribution is 2.18. The van der Waals surface area contributed by atoms with Gasteiger partial charge in [-0.3, -0.25) is 14.9 Å². The Morgan fingerprint density at radius 3 is 2.46 bits per heavy atom. The van der Waals surface area contributed by atoms with Crippen LogP contribution in [0.25, 0.3) is 0 Å². The van der Waals surface area contributed by atoms with Crippen LogP contribution in [-0.2, 0) is 9.53 Å². The molecule has 0 aliphatic carbocycles. The number of ether oxygens (including phenoxy) is 1. The molecule has 9 heteroatoms. The summed E-state index contributed by atoms with van der Waals surface area (Å²) in [5.41, 5.74) is -0.232. The Hall–Kier alpha value is -3.00. The lowest BCUT2D eigenvalue weighted by molar-refractivity contribution is -0.384. The number of carbonyl (C=O) groups excluding carboxylic acids is 2. The molecule has 124 valence electrons. The van der Waals surface area contributed by atoms with Crippen LogP contribution < -0.4 is 5.32 Å². The number of halogens is 2. The van der Waals surface area contributed by atoms with Crippen molar-refractivity contribution in [2.24, 2.45) is 0 Å². The van der Waals surface area contributed by atoms with Gasteiger partial charge < -0.3 is 10.1 Å². The number of rotatable bonds is 5. The second-order valence-corrected chi connectivity index (χ2v) is 4.99. The van der Waals surface area contributed by atoms with Gasteiger partial charge in [-0.25, -0.2) is 9.18 Å². The van der Waals surface area contributed by atoms with Crippen LogP contribution in [0.5, 0.6) is 0 Å². The zero-order valence-corrected chi connectivity index (χ0v) is 12.7. The van der Waals surface area contributed by atoms with E-state index in [0.717, 1.165) is 18.2 Å². The van der Waals surface area contributed by atoms with E-state index >= 15 is 0 Å². The SMILES string of the molecule is O=C(COC(=O)c1ccc([N+](=O)[O-])cc1)Nc1ccc(Cl)cc1F. The zero-order valence-electron chi connectivity index (χ0n) is 12.0. The highest BCUT2D eigenvalue weighted by molar-refractivity contribution is 6.30. The molecular formula is C15H10ClFN2O5. The van der Waals surface area contributed by atoms with E-state index in [4.69, 9.17) is 16.3 Å². The van der Waals surface area contributed by atoms with Crippen LogP contribution in [0.3, 0.4) is 0 Å². The largest absolute Gasteiger partial charge is 0.452 e. The first kappa shape index (κ1) is 17.4. The molecular weight excluding hydrogens is 343 g/mol. The minimum Gasteiger partial charge on any atom is -0.452 e. The average molecular weight is 353 g/mol. The standard InChI is InChI=1S/C15H10ClFN2O5/c16-10-3-6-13(12(17)7-10)18-14(20)8-24-15(21)9-1-4-11(5-2-9)19(22)23/h1-7H,8H2,(H,18,20). The highest BCUT2D eigenvalue weighted by atomic mass is 35.5. The topological polar surface area (TPSA) is 98.5 Å². The quantitative estimate of drug-likeness (QED) is 0.506. The van der Waals surface area contributed by atoms with Gasteiger partial charge in [0.25, 0.3) is 11.6 Å². The lowest BCUT2D eigenvalue weighted by Gasteiger charge is -2.07. The number of benzene rings is 2. The number of amides is 1. The lowest BCUT2D eigenvalue weighted by atomic mass is 10.2. The van der Waals surface area contributed by atoms with Crippen LogP contribution >= 0.6 is 11.6 Å². The van der Waals surface area contributed by atoms with Crippen molar-refractivity contribution in [2.45, 2.75) is 0 Å². The number of hydrogen-bond donors (Lipinski definition) is 1. The Bertz CT molecular complexity index is 795. The fourth-order valence-corrected chi connectivity index (χ4v) is 1.87. The van der Waals surface area contributed by atoms with Gasteiger partial charge in [0.2, 0.25) is 0 Å². The third-order valence-electron chi connectivity index (χ3n) is 2.85. The predicted octanol–water partition coefficient (Wildman–Crippen LogP) is 3.18. The van der Waals surface area contributed by atoms with E-state index < -0.39 is 29.2 Å². The number of esters is 1. The summed E-state index contributed by atoms with van der Waals surface area (Å²) in [6, 6.07) is 8.38. The molecule has 0 saturated carbocycles. The Labute approximate surface area is 140 Å². The first-order valence-corrected chi connectivity index (χ1v) is 6.91. The van der Waals surface area contributed by atoms with Crippen LogP contribution in [0.15, 0.2) is 42.5 Å². The van der Waals surface area contributed by atoms with Gasteiger partial charge in [-0.05, 0) is 30.3 Å². The van der Waals surface area contributed by atoms with Gasteiger partial charge in [0.1, 0.15) is 5.82 Å². The van der Waals surface area contributed by atoms with Crippen molar-refractivity contribution in [3.05, 3.63) is 69.0 Å². The van der Waals surface area contributed by atoms with E-state index in [2.05, 4.69) is 5.32 Å². The molecule has 0 unspecified atom stereocenters. The van der Waals surface area contributed by atoms with E-state index in [0.29, 0.717) is 0 Å². The number of nitro groups is 1. The van der Waals surface area contributed by atoms with Crippen LogP contribution in [0, 0.1) is 15.9 Å². The van der Waals surface area contributed by atoms with Crippen molar-refractivity contribution in [1.82, 2.24) is 0 Å². The van der Waals surface area contributed by atoms with Gasteiger partial charge in [0, 0.05) is 17.2 Å². The maximum Gasteiger partial charge on any atom is 0.338 e. The van der Waals surface area contributed by atoms with E-state index in [-0.39, 0.29) is 22.0 Å². The number of carbonyl (C=O) groups is 2. The molecule has 0 bridgehead atoms. The van der Waals surface area contributed by atoms with Gasteiger partial charge in [-0.15, -0.1) is 0 Å². The monoisotopic (exact) mass is 352 g/mol. The third-order valence-corrected chi connectivity index (χ3v) is 3.09. The van der Waals surface area contributed by atoms with Gasteiger partial charge in [-0.2, -0.15) is 0 Å². The maximum atomic E-state index is 13.5. The van der Waals surface area contributed by atoms with Crippen LogP contribution in [0.2, 0.25) is 5.02 Å². The number of anilines is 1. The fourth-order valence-electron chi connectivity index (χ4n) is 1.71. The summed E-state index contributed by atoms with van der Waals surface area (Å²) in [6.07, 6.45) is 0. The maximum absolute atomic E-state index is 13.5. The van der Waals surface area contributed by atoms with Gasteiger partial charge in [0.05, 0.1) is 16.2 Å². The normalized spacial score (nSPS) is 10.1. The molecule has 1 amide bonds. The minimum atomic E-state index is -0.836. The average Bonchev–Trinajstić information content (AvgIpc) is 2.55. The van der Waals surface area contributed by atoms with Crippen molar-refractivity contribution in [3.8, 4) is 0 Å². The molecule has 0 radical (unpaired) electrons. The first-order chi connectivity index (χ1) is 11.4. The molecule has 0 aliphatic rings. The molecule has 0 saturated heterocycles. The zero-order chi connectivity index (χ0) is 17.7. The molecule has 0 spiro atoms. The Morgan fingerprint density at radius 1 is 1.21 bits per heavy atom. The van der Waals surface area contributed by atoms with Crippen molar-refractivity contribution in [2.75, 3.05) is 11.9 Å². The predicted molar refractivity (Wildman–Crippen MR) is 83.4 cm³/mol.